The fraction of sp³-hybridized carbons (Fsp3) is 0.500. The van der Waals surface area contributed by atoms with Crippen molar-refractivity contribution in [1.82, 2.24) is 14.4 Å². The molecule has 6 heteroatoms. The van der Waals surface area contributed by atoms with E-state index in [4.69, 9.17) is 10.2 Å². The van der Waals surface area contributed by atoms with Gasteiger partial charge in [-0.3, -0.25) is 0 Å². The Hall–Kier alpha value is -1.48. The van der Waals surface area contributed by atoms with Gasteiger partial charge in [0.2, 0.25) is 0 Å². The highest BCUT2D eigenvalue weighted by molar-refractivity contribution is 7.98. The minimum atomic E-state index is 0.241. The van der Waals surface area contributed by atoms with Crippen LogP contribution < -0.4 is 0 Å². The molecule has 20 heavy (non-hydrogen) atoms. The molecular formula is C14H17BN4S. The highest BCUT2D eigenvalue weighted by atomic mass is 32.2. The summed E-state index contributed by atoms with van der Waals surface area (Å²) in [7, 11) is 0. The van der Waals surface area contributed by atoms with Crippen LogP contribution in [-0.2, 0) is 6.42 Å². The smallest absolute Gasteiger partial charge is 0.268 e. The normalized spacial score (nSPS) is 19.2. The standard InChI is InChI=1S/C14H17BN4S/c1-20-14-13-17-5-6-19(13)9-12(18-14)7-11-3-2-4-15(8-11)10-16/h5-6,9,11H,2-4,7-8H2,1H3. The number of imidazole rings is 1. The predicted octanol–water partition coefficient (Wildman–Crippen LogP) is 2.96. The van der Waals surface area contributed by atoms with Gasteiger partial charge in [-0.1, -0.05) is 25.5 Å². The molecule has 1 atom stereocenters. The van der Waals surface area contributed by atoms with Crippen LogP contribution in [0.15, 0.2) is 23.6 Å². The number of fused-ring (bicyclic) bond motifs is 1. The molecule has 3 heterocycles. The first-order valence-electron chi connectivity index (χ1n) is 7.06. The Kier molecular flexibility index (Phi) is 3.97. The molecular weight excluding hydrogens is 267 g/mol. The zero-order valence-electron chi connectivity index (χ0n) is 11.6. The van der Waals surface area contributed by atoms with Crippen LogP contribution in [0.5, 0.6) is 0 Å². The van der Waals surface area contributed by atoms with Gasteiger partial charge in [-0.25, -0.2) is 15.2 Å². The van der Waals surface area contributed by atoms with Gasteiger partial charge in [0.25, 0.3) is 6.71 Å². The maximum atomic E-state index is 9.09. The van der Waals surface area contributed by atoms with E-state index >= 15 is 0 Å². The van der Waals surface area contributed by atoms with Crippen molar-refractivity contribution in [3.05, 3.63) is 24.3 Å². The van der Waals surface area contributed by atoms with Crippen LogP contribution in [0.3, 0.4) is 0 Å². The first kappa shape index (κ1) is 13.5. The Morgan fingerprint density at radius 1 is 1.60 bits per heavy atom. The maximum Gasteiger partial charge on any atom is 0.268 e. The quantitative estimate of drug-likeness (QED) is 0.642. The third-order valence-electron chi connectivity index (χ3n) is 4.05. The highest BCUT2D eigenvalue weighted by Gasteiger charge is 2.25. The predicted molar refractivity (Wildman–Crippen MR) is 82.2 cm³/mol. The average molecular weight is 284 g/mol. The van der Waals surface area contributed by atoms with E-state index in [9.17, 15) is 0 Å². The van der Waals surface area contributed by atoms with Crippen LogP contribution >= 0.6 is 11.8 Å². The summed E-state index contributed by atoms with van der Waals surface area (Å²) < 4.78 is 2.05. The van der Waals surface area contributed by atoms with Crippen molar-refractivity contribution in [2.24, 2.45) is 5.92 Å². The second kappa shape index (κ2) is 5.88. The van der Waals surface area contributed by atoms with Crippen LogP contribution in [0.1, 0.15) is 18.5 Å². The summed E-state index contributed by atoms with van der Waals surface area (Å²) in [5.74, 6) is 3.02. The Balaban J connectivity index is 1.82. The molecule has 0 saturated carbocycles. The lowest BCUT2D eigenvalue weighted by Gasteiger charge is -2.23. The lowest BCUT2D eigenvalue weighted by Crippen LogP contribution is -2.23. The van der Waals surface area contributed by atoms with Gasteiger partial charge in [0.15, 0.2) is 5.65 Å². The number of nitriles is 1. The monoisotopic (exact) mass is 284 g/mol. The average Bonchev–Trinajstić information content (AvgIpc) is 2.95. The van der Waals surface area contributed by atoms with Crippen LogP contribution in [0.25, 0.3) is 5.65 Å². The van der Waals surface area contributed by atoms with Gasteiger partial charge < -0.3 is 4.40 Å². The van der Waals surface area contributed by atoms with Crippen molar-refractivity contribution >= 4 is 24.1 Å². The number of hydrogen-bond donors (Lipinski definition) is 0. The Bertz CT molecular complexity index is 648. The first-order valence-corrected chi connectivity index (χ1v) is 8.29. The van der Waals surface area contributed by atoms with Crippen LogP contribution in [-0.4, -0.2) is 27.3 Å². The van der Waals surface area contributed by atoms with Gasteiger partial charge in [0, 0.05) is 24.6 Å². The number of nitrogens with zero attached hydrogens (tertiary/aromatic N) is 4. The molecule has 0 amide bonds. The topological polar surface area (TPSA) is 54.0 Å². The largest absolute Gasteiger partial charge is 0.303 e. The van der Waals surface area contributed by atoms with E-state index in [-0.39, 0.29) is 6.71 Å². The fourth-order valence-electron chi connectivity index (χ4n) is 3.08. The van der Waals surface area contributed by atoms with E-state index in [0.717, 1.165) is 35.4 Å². The minimum absolute atomic E-state index is 0.241. The van der Waals surface area contributed by atoms with E-state index in [2.05, 4.69) is 21.6 Å². The van der Waals surface area contributed by atoms with Crippen molar-refractivity contribution < 1.29 is 0 Å². The summed E-state index contributed by atoms with van der Waals surface area (Å²) in [4.78, 5) is 9.07. The van der Waals surface area contributed by atoms with Crippen LogP contribution in [0, 0.1) is 17.1 Å². The molecule has 2 aromatic heterocycles. The lowest BCUT2D eigenvalue weighted by molar-refractivity contribution is 0.490. The summed E-state index contributed by atoms with van der Waals surface area (Å²) in [6.07, 6.45) is 13.4. The van der Waals surface area contributed by atoms with Gasteiger partial charge in [0.1, 0.15) is 5.03 Å². The van der Waals surface area contributed by atoms with Crippen LogP contribution in [0.4, 0.5) is 0 Å². The van der Waals surface area contributed by atoms with Crippen molar-refractivity contribution in [3.8, 4) is 5.97 Å². The molecule has 0 bridgehead atoms. The van der Waals surface area contributed by atoms with Crippen molar-refractivity contribution in [2.75, 3.05) is 6.26 Å². The molecule has 1 unspecified atom stereocenters. The molecule has 0 aromatic carbocycles. The number of hydrogen-bond acceptors (Lipinski definition) is 4. The molecule has 102 valence electrons. The second-order valence-corrected chi connectivity index (χ2v) is 6.26. The Labute approximate surface area is 123 Å². The van der Waals surface area contributed by atoms with Gasteiger partial charge in [-0.15, -0.1) is 11.8 Å². The molecule has 2 aromatic rings. The van der Waals surface area contributed by atoms with E-state index in [0.29, 0.717) is 5.92 Å². The maximum absolute atomic E-state index is 9.09. The summed E-state index contributed by atoms with van der Waals surface area (Å²) in [6, 6.07) is 0. The molecule has 0 radical (unpaired) electrons. The zero-order valence-corrected chi connectivity index (χ0v) is 12.4. The minimum Gasteiger partial charge on any atom is -0.303 e. The Morgan fingerprint density at radius 3 is 3.30 bits per heavy atom. The van der Waals surface area contributed by atoms with E-state index in [1.165, 1.54) is 12.8 Å². The molecule has 1 saturated heterocycles. The van der Waals surface area contributed by atoms with Gasteiger partial charge in [0.05, 0.1) is 5.69 Å². The number of rotatable bonds is 3. The molecule has 0 aliphatic carbocycles. The summed E-state index contributed by atoms with van der Waals surface area (Å²) in [5, 5.41) is 10.1. The molecule has 1 aliphatic rings. The molecule has 3 rings (SSSR count). The van der Waals surface area contributed by atoms with Gasteiger partial charge in [-0.2, -0.15) is 0 Å². The van der Waals surface area contributed by atoms with Crippen molar-refractivity contribution in [1.29, 1.82) is 5.26 Å². The number of thioether (sulfide) groups is 1. The SMILES string of the molecule is CSc1nc(CC2CCCB(C#N)C2)cn2ccnc12. The van der Waals surface area contributed by atoms with Gasteiger partial charge in [-0.05, 0) is 18.6 Å². The Morgan fingerprint density at radius 2 is 2.50 bits per heavy atom. The van der Waals surface area contributed by atoms with Crippen LogP contribution in [0.2, 0.25) is 12.6 Å². The third kappa shape index (κ3) is 2.68. The first-order chi connectivity index (χ1) is 9.80. The van der Waals surface area contributed by atoms with Crippen molar-refractivity contribution in [2.45, 2.75) is 36.9 Å². The molecule has 0 spiro atoms. The lowest BCUT2D eigenvalue weighted by atomic mass is 9.41. The van der Waals surface area contributed by atoms with E-state index in [1.54, 1.807) is 11.8 Å². The zero-order chi connectivity index (χ0) is 13.9. The summed E-state index contributed by atoms with van der Waals surface area (Å²) in [5.41, 5.74) is 2.04. The molecule has 1 aliphatic heterocycles. The van der Waals surface area contributed by atoms with Crippen molar-refractivity contribution in [3.63, 3.8) is 0 Å². The molecule has 0 N–H and O–H groups in total. The van der Waals surface area contributed by atoms with E-state index in [1.807, 2.05) is 18.6 Å². The summed E-state index contributed by atoms with van der Waals surface area (Å²) in [6.45, 7) is 0.241. The number of aromatic nitrogens is 3. The second-order valence-electron chi connectivity index (χ2n) is 5.46. The third-order valence-corrected chi connectivity index (χ3v) is 4.71. The fourth-order valence-corrected chi connectivity index (χ4v) is 3.63. The molecule has 4 nitrogen and oxygen atoms in total. The van der Waals surface area contributed by atoms with Gasteiger partial charge >= 0.3 is 0 Å². The summed E-state index contributed by atoms with van der Waals surface area (Å²) >= 11 is 1.64. The van der Waals surface area contributed by atoms with E-state index < -0.39 is 0 Å². The highest BCUT2D eigenvalue weighted by Crippen LogP contribution is 2.28. The molecule has 1 fully saturated rings.